The van der Waals surface area contributed by atoms with Gasteiger partial charge in [-0.2, -0.15) is 13.5 Å². The molecular weight excluding hydrogens is 420 g/mol. The lowest BCUT2D eigenvalue weighted by molar-refractivity contribution is -0.123. The molecule has 0 spiro atoms. The summed E-state index contributed by atoms with van der Waals surface area (Å²) in [5, 5.41) is 3.33. The van der Waals surface area contributed by atoms with Crippen LogP contribution in [0.3, 0.4) is 0 Å². The van der Waals surface area contributed by atoms with Crippen LogP contribution in [0.4, 0.5) is 0 Å². The molecule has 1 atom stereocenters. The van der Waals surface area contributed by atoms with Crippen molar-refractivity contribution in [3.05, 3.63) is 53.1 Å². The molecule has 148 valence electrons. The van der Waals surface area contributed by atoms with Crippen LogP contribution in [0.1, 0.15) is 19.4 Å². The van der Waals surface area contributed by atoms with E-state index in [1.54, 1.807) is 44.2 Å². The van der Waals surface area contributed by atoms with E-state index in [0.717, 1.165) is 17.3 Å². The molecule has 7 nitrogen and oxygen atoms in total. The van der Waals surface area contributed by atoms with Crippen LogP contribution in [0, 0.1) is 5.92 Å². The number of sulfonamides is 1. The molecule has 0 aliphatic rings. The summed E-state index contributed by atoms with van der Waals surface area (Å²) in [7, 11) is -3.96. The number of carbonyl (C=O) groups excluding carboxylic acids is 1. The van der Waals surface area contributed by atoms with Crippen LogP contribution in [0.2, 0.25) is 5.02 Å². The lowest BCUT2D eigenvalue weighted by Gasteiger charge is -2.21. The molecule has 0 aliphatic carbocycles. The molecule has 0 radical (unpaired) electrons. The molecule has 0 fully saturated rings. The van der Waals surface area contributed by atoms with Crippen molar-refractivity contribution >= 4 is 50.3 Å². The van der Waals surface area contributed by atoms with Gasteiger partial charge in [0.2, 0.25) is 15.9 Å². The third kappa shape index (κ3) is 4.67. The highest BCUT2D eigenvalue weighted by Gasteiger charge is 2.29. The van der Waals surface area contributed by atoms with Gasteiger partial charge in [-0.15, -0.1) is 0 Å². The summed E-state index contributed by atoms with van der Waals surface area (Å²) < 4.78 is 36.5. The molecule has 10 heteroatoms. The monoisotopic (exact) mass is 438 g/mol. The average Bonchev–Trinajstić information content (AvgIpc) is 3.12. The van der Waals surface area contributed by atoms with E-state index in [4.69, 9.17) is 11.6 Å². The summed E-state index contributed by atoms with van der Waals surface area (Å²) in [6.45, 7) is 3.80. The zero-order valence-electron chi connectivity index (χ0n) is 15.2. The number of nitrogens with zero attached hydrogens (tertiary/aromatic N) is 2. The number of hydrogen-bond donors (Lipinski definition) is 2. The molecule has 2 N–H and O–H groups in total. The van der Waals surface area contributed by atoms with Crippen molar-refractivity contribution in [2.45, 2.75) is 31.3 Å². The maximum atomic E-state index is 12.9. The molecule has 28 heavy (non-hydrogen) atoms. The molecular formula is C18H19ClN4O3S2. The van der Waals surface area contributed by atoms with Gasteiger partial charge in [0.25, 0.3) is 0 Å². The summed E-state index contributed by atoms with van der Waals surface area (Å²) in [5.74, 6) is -0.677. The molecule has 1 amide bonds. The topological polar surface area (TPSA) is 101 Å². The Kier molecular flexibility index (Phi) is 6.29. The first-order valence-corrected chi connectivity index (χ1v) is 11.1. The minimum atomic E-state index is -3.96. The zero-order valence-corrected chi connectivity index (χ0v) is 17.6. The van der Waals surface area contributed by atoms with Gasteiger partial charge in [0, 0.05) is 11.6 Å². The molecule has 0 bridgehead atoms. The van der Waals surface area contributed by atoms with Crippen LogP contribution in [0.5, 0.6) is 0 Å². The van der Waals surface area contributed by atoms with Gasteiger partial charge in [0.15, 0.2) is 0 Å². The van der Waals surface area contributed by atoms with Gasteiger partial charge < -0.3 is 5.32 Å². The number of carbonyl (C=O) groups is 1. The number of hydrogen-bond acceptors (Lipinski definition) is 6. The van der Waals surface area contributed by atoms with Crippen LogP contribution in [-0.4, -0.2) is 29.1 Å². The van der Waals surface area contributed by atoms with Crippen LogP contribution < -0.4 is 10.0 Å². The third-order valence-corrected chi connectivity index (χ3v) is 6.38. The van der Waals surface area contributed by atoms with Crippen LogP contribution in [-0.2, 0) is 21.4 Å². The van der Waals surface area contributed by atoms with Crippen molar-refractivity contribution < 1.29 is 13.2 Å². The smallest absolute Gasteiger partial charge is 0.243 e. The first-order valence-electron chi connectivity index (χ1n) is 8.53. The van der Waals surface area contributed by atoms with Gasteiger partial charge in [-0.05, 0) is 35.7 Å². The van der Waals surface area contributed by atoms with E-state index in [1.807, 2.05) is 6.07 Å². The van der Waals surface area contributed by atoms with Crippen molar-refractivity contribution in [3.63, 3.8) is 0 Å². The average molecular weight is 439 g/mol. The predicted molar refractivity (Wildman–Crippen MR) is 110 cm³/mol. The Morgan fingerprint density at radius 2 is 1.93 bits per heavy atom. The van der Waals surface area contributed by atoms with Crippen molar-refractivity contribution in [2.75, 3.05) is 0 Å². The Bertz CT molecular complexity index is 1100. The quantitative estimate of drug-likeness (QED) is 0.590. The Morgan fingerprint density at radius 1 is 1.18 bits per heavy atom. The number of amides is 1. The van der Waals surface area contributed by atoms with E-state index in [-0.39, 0.29) is 17.4 Å². The van der Waals surface area contributed by atoms with Gasteiger partial charge in [-0.3, -0.25) is 4.79 Å². The summed E-state index contributed by atoms with van der Waals surface area (Å²) in [6, 6.07) is 10.9. The van der Waals surface area contributed by atoms with Crippen molar-refractivity contribution in [3.8, 4) is 0 Å². The molecule has 0 saturated carbocycles. The lowest BCUT2D eigenvalue weighted by atomic mass is 10.0. The number of aromatic nitrogens is 2. The van der Waals surface area contributed by atoms with Gasteiger partial charge >= 0.3 is 0 Å². The molecule has 0 saturated heterocycles. The van der Waals surface area contributed by atoms with Crippen LogP contribution in [0.15, 0.2) is 47.4 Å². The van der Waals surface area contributed by atoms with Gasteiger partial charge in [0.1, 0.15) is 22.0 Å². The van der Waals surface area contributed by atoms with E-state index in [2.05, 4.69) is 18.8 Å². The van der Waals surface area contributed by atoms with Crippen molar-refractivity contribution in [2.24, 2.45) is 5.92 Å². The number of benzene rings is 2. The summed E-state index contributed by atoms with van der Waals surface area (Å²) in [6.07, 6.45) is 0. The highest BCUT2D eigenvalue weighted by Crippen LogP contribution is 2.22. The second-order valence-corrected chi connectivity index (χ2v) is 9.23. The normalized spacial score (nSPS) is 13.0. The summed E-state index contributed by atoms with van der Waals surface area (Å²) >= 11 is 6.89. The Labute approximate surface area is 172 Å². The molecule has 0 aliphatic heterocycles. The fourth-order valence-corrected chi connectivity index (χ4v) is 4.99. The maximum absolute atomic E-state index is 12.9. The first-order chi connectivity index (χ1) is 13.3. The van der Waals surface area contributed by atoms with Crippen LogP contribution >= 0.6 is 23.3 Å². The van der Waals surface area contributed by atoms with E-state index in [9.17, 15) is 13.2 Å². The summed E-state index contributed by atoms with van der Waals surface area (Å²) in [5.41, 5.74) is 1.62. The zero-order chi connectivity index (χ0) is 20.3. The van der Waals surface area contributed by atoms with Crippen LogP contribution in [0.25, 0.3) is 11.0 Å². The highest BCUT2D eigenvalue weighted by molar-refractivity contribution is 7.89. The number of fused-ring (bicyclic) bond motifs is 1. The predicted octanol–water partition coefficient (Wildman–Crippen LogP) is 2.96. The first kappa shape index (κ1) is 20.7. The molecule has 1 unspecified atom stereocenters. The van der Waals surface area contributed by atoms with Crippen molar-refractivity contribution in [1.82, 2.24) is 18.8 Å². The highest BCUT2D eigenvalue weighted by atomic mass is 35.5. The Balaban J connectivity index is 1.78. The fraction of sp³-hybridized carbons (Fsp3) is 0.278. The second-order valence-electron chi connectivity index (χ2n) is 6.58. The van der Waals surface area contributed by atoms with E-state index < -0.39 is 22.0 Å². The van der Waals surface area contributed by atoms with Crippen molar-refractivity contribution in [1.29, 1.82) is 0 Å². The second kappa shape index (κ2) is 8.52. The standard InChI is InChI=1S/C18H19ClN4O3S2/c1-11(2)16(18(24)20-10-12-5-3-6-13(19)9-12)23-28(25,26)15-8-4-7-14-17(15)22-27-21-14/h3-9,11,16,23H,10H2,1-2H3,(H,20,24). The van der Waals surface area contributed by atoms with E-state index in [0.29, 0.717) is 16.1 Å². The number of nitrogens with one attached hydrogen (secondary N) is 2. The third-order valence-electron chi connectivity index (χ3n) is 4.13. The minimum Gasteiger partial charge on any atom is -0.351 e. The SMILES string of the molecule is CC(C)C(NS(=O)(=O)c1cccc2nsnc12)C(=O)NCc1cccc(Cl)c1. The number of rotatable bonds is 7. The van der Waals surface area contributed by atoms with E-state index >= 15 is 0 Å². The minimum absolute atomic E-state index is 0.00652. The Hall–Kier alpha value is -2.07. The number of halogens is 1. The fourth-order valence-electron chi connectivity index (χ4n) is 2.67. The van der Waals surface area contributed by atoms with Gasteiger partial charge in [0.05, 0.1) is 11.7 Å². The summed E-state index contributed by atoms with van der Waals surface area (Å²) in [4.78, 5) is 12.7. The molecule has 1 heterocycles. The van der Waals surface area contributed by atoms with E-state index in [1.165, 1.54) is 6.07 Å². The lowest BCUT2D eigenvalue weighted by Crippen LogP contribution is -2.49. The maximum Gasteiger partial charge on any atom is 0.243 e. The largest absolute Gasteiger partial charge is 0.351 e. The molecule has 1 aromatic heterocycles. The molecule has 3 rings (SSSR count). The molecule has 3 aromatic rings. The van der Waals surface area contributed by atoms with Gasteiger partial charge in [-0.25, -0.2) is 8.42 Å². The van der Waals surface area contributed by atoms with Gasteiger partial charge in [-0.1, -0.05) is 43.6 Å². The Morgan fingerprint density at radius 3 is 2.64 bits per heavy atom. The molecule has 2 aromatic carbocycles.